The van der Waals surface area contributed by atoms with E-state index in [9.17, 15) is 0 Å². The van der Waals surface area contributed by atoms with Gasteiger partial charge in [-0.05, 0) is 32.4 Å². The van der Waals surface area contributed by atoms with Gasteiger partial charge in [-0.1, -0.05) is 13.8 Å². The molecule has 2 rings (SSSR count). The molecule has 1 N–H and O–H groups in total. The number of aryl methyl sites for hydroxylation is 1. The third-order valence-electron chi connectivity index (χ3n) is 3.79. The molecule has 0 amide bonds. The second kappa shape index (κ2) is 6.90. The Morgan fingerprint density at radius 3 is 3.11 bits per heavy atom. The van der Waals surface area contributed by atoms with Crippen LogP contribution in [0.4, 0.5) is 0 Å². The van der Waals surface area contributed by atoms with Gasteiger partial charge in [0.15, 0.2) is 0 Å². The van der Waals surface area contributed by atoms with Crippen molar-refractivity contribution >= 4 is 0 Å². The van der Waals surface area contributed by atoms with Crippen molar-refractivity contribution in [1.29, 1.82) is 0 Å². The molecule has 1 aromatic heterocycles. The summed E-state index contributed by atoms with van der Waals surface area (Å²) >= 11 is 0. The standard InChI is InChI=1S/C14H26N4/c1-3-7-18-12-15-9-14(18)10-16-13-6-5-8-17(4-2)11-13/h9,12-13,16H,3-8,10-11H2,1-2H3. The number of rotatable bonds is 6. The van der Waals surface area contributed by atoms with Crippen LogP contribution in [0.5, 0.6) is 0 Å². The first-order valence-corrected chi connectivity index (χ1v) is 7.28. The van der Waals surface area contributed by atoms with Gasteiger partial charge in [-0.25, -0.2) is 4.98 Å². The number of nitrogens with one attached hydrogen (secondary N) is 1. The molecule has 0 spiro atoms. The van der Waals surface area contributed by atoms with E-state index in [4.69, 9.17) is 0 Å². The molecule has 4 heteroatoms. The molecule has 1 unspecified atom stereocenters. The van der Waals surface area contributed by atoms with Crippen LogP contribution in [0.3, 0.4) is 0 Å². The Morgan fingerprint density at radius 1 is 1.44 bits per heavy atom. The Labute approximate surface area is 110 Å². The van der Waals surface area contributed by atoms with Crippen LogP contribution in [0.15, 0.2) is 12.5 Å². The van der Waals surface area contributed by atoms with Gasteiger partial charge < -0.3 is 14.8 Å². The molecular formula is C14H26N4. The molecule has 18 heavy (non-hydrogen) atoms. The Bertz CT molecular complexity index is 347. The molecule has 0 bridgehead atoms. The summed E-state index contributed by atoms with van der Waals surface area (Å²) in [5.74, 6) is 0. The van der Waals surface area contributed by atoms with E-state index in [0.29, 0.717) is 6.04 Å². The van der Waals surface area contributed by atoms with Gasteiger partial charge in [0.05, 0.1) is 12.0 Å². The van der Waals surface area contributed by atoms with Crippen LogP contribution < -0.4 is 5.32 Å². The number of piperidine rings is 1. The fourth-order valence-corrected chi connectivity index (χ4v) is 2.70. The van der Waals surface area contributed by atoms with Crippen LogP contribution in [-0.4, -0.2) is 40.1 Å². The molecule has 1 saturated heterocycles. The SMILES string of the molecule is CCCn1cncc1CNC1CCCN(CC)C1. The number of aromatic nitrogens is 2. The first-order chi connectivity index (χ1) is 8.83. The minimum absolute atomic E-state index is 0.642. The van der Waals surface area contributed by atoms with Gasteiger partial charge in [0.2, 0.25) is 0 Å². The van der Waals surface area contributed by atoms with Crippen molar-refractivity contribution in [3.05, 3.63) is 18.2 Å². The van der Waals surface area contributed by atoms with Crippen molar-refractivity contribution in [2.45, 2.75) is 52.2 Å². The van der Waals surface area contributed by atoms with Gasteiger partial charge >= 0.3 is 0 Å². The van der Waals surface area contributed by atoms with Crippen LogP contribution >= 0.6 is 0 Å². The molecule has 102 valence electrons. The van der Waals surface area contributed by atoms with Crippen LogP contribution in [0.25, 0.3) is 0 Å². The Kier molecular flexibility index (Phi) is 5.20. The predicted octanol–water partition coefficient (Wildman–Crippen LogP) is 1.87. The Morgan fingerprint density at radius 2 is 2.33 bits per heavy atom. The second-order valence-corrected chi connectivity index (χ2v) is 5.19. The van der Waals surface area contributed by atoms with E-state index in [1.807, 2.05) is 12.5 Å². The summed E-state index contributed by atoms with van der Waals surface area (Å²) in [6.07, 6.45) is 7.72. The fourth-order valence-electron chi connectivity index (χ4n) is 2.70. The van der Waals surface area contributed by atoms with Crippen LogP contribution in [-0.2, 0) is 13.1 Å². The summed E-state index contributed by atoms with van der Waals surface area (Å²) in [5.41, 5.74) is 1.31. The molecular weight excluding hydrogens is 224 g/mol. The number of hydrogen-bond acceptors (Lipinski definition) is 3. The zero-order valence-electron chi connectivity index (χ0n) is 11.7. The number of likely N-dealkylation sites (N-methyl/N-ethyl adjacent to an activating group) is 1. The summed E-state index contributed by atoms with van der Waals surface area (Å²) in [7, 11) is 0. The van der Waals surface area contributed by atoms with Gasteiger partial charge in [-0.15, -0.1) is 0 Å². The van der Waals surface area contributed by atoms with Crippen molar-refractivity contribution in [2.24, 2.45) is 0 Å². The van der Waals surface area contributed by atoms with Crippen molar-refractivity contribution in [3.8, 4) is 0 Å². The molecule has 1 aliphatic rings. The maximum absolute atomic E-state index is 4.25. The zero-order valence-corrected chi connectivity index (χ0v) is 11.7. The maximum atomic E-state index is 4.25. The first-order valence-electron chi connectivity index (χ1n) is 7.28. The highest BCUT2D eigenvalue weighted by Gasteiger charge is 2.18. The van der Waals surface area contributed by atoms with E-state index in [-0.39, 0.29) is 0 Å². The van der Waals surface area contributed by atoms with Crippen molar-refractivity contribution < 1.29 is 0 Å². The van der Waals surface area contributed by atoms with E-state index >= 15 is 0 Å². The van der Waals surface area contributed by atoms with Gasteiger partial charge in [0, 0.05) is 31.9 Å². The molecule has 2 heterocycles. The first kappa shape index (κ1) is 13.6. The maximum Gasteiger partial charge on any atom is 0.0948 e. The van der Waals surface area contributed by atoms with Gasteiger partial charge in [0.25, 0.3) is 0 Å². The minimum atomic E-state index is 0.642. The lowest BCUT2D eigenvalue weighted by Gasteiger charge is -2.32. The highest BCUT2D eigenvalue weighted by atomic mass is 15.2. The molecule has 1 aliphatic heterocycles. The van der Waals surface area contributed by atoms with E-state index in [1.54, 1.807) is 0 Å². The molecule has 0 aliphatic carbocycles. The third-order valence-corrected chi connectivity index (χ3v) is 3.79. The molecule has 0 radical (unpaired) electrons. The lowest BCUT2D eigenvalue weighted by molar-refractivity contribution is 0.198. The van der Waals surface area contributed by atoms with Crippen LogP contribution in [0.1, 0.15) is 38.8 Å². The highest BCUT2D eigenvalue weighted by Crippen LogP contribution is 2.10. The monoisotopic (exact) mass is 250 g/mol. The molecule has 1 aromatic rings. The van der Waals surface area contributed by atoms with Crippen molar-refractivity contribution in [1.82, 2.24) is 19.8 Å². The largest absolute Gasteiger partial charge is 0.333 e. The summed E-state index contributed by atoms with van der Waals surface area (Å²) in [5, 5.41) is 3.68. The number of imidazole rings is 1. The lowest BCUT2D eigenvalue weighted by Crippen LogP contribution is -2.45. The van der Waals surface area contributed by atoms with Crippen molar-refractivity contribution in [3.63, 3.8) is 0 Å². The number of nitrogens with zero attached hydrogens (tertiary/aromatic N) is 3. The van der Waals surface area contributed by atoms with Crippen molar-refractivity contribution in [2.75, 3.05) is 19.6 Å². The average molecular weight is 250 g/mol. The fraction of sp³-hybridized carbons (Fsp3) is 0.786. The Hall–Kier alpha value is -0.870. The summed E-state index contributed by atoms with van der Waals surface area (Å²) in [6, 6.07) is 0.642. The molecule has 1 fully saturated rings. The van der Waals surface area contributed by atoms with E-state index in [1.165, 1.54) is 38.2 Å². The predicted molar refractivity (Wildman–Crippen MR) is 74.5 cm³/mol. The van der Waals surface area contributed by atoms with Crippen LogP contribution in [0, 0.1) is 0 Å². The average Bonchev–Trinajstić information content (AvgIpc) is 2.85. The number of likely N-dealkylation sites (tertiary alicyclic amines) is 1. The third kappa shape index (κ3) is 3.56. The smallest absolute Gasteiger partial charge is 0.0948 e. The number of hydrogen-bond donors (Lipinski definition) is 1. The summed E-state index contributed by atoms with van der Waals surface area (Å²) < 4.78 is 2.26. The molecule has 0 aromatic carbocycles. The van der Waals surface area contributed by atoms with E-state index in [0.717, 1.165) is 19.5 Å². The highest BCUT2D eigenvalue weighted by molar-refractivity contribution is 4.98. The van der Waals surface area contributed by atoms with Gasteiger partial charge in [-0.3, -0.25) is 0 Å². The molecule has 4 nitrogen and oxygen atoms in total. The topological polar surface area (TPSA) is 33.1 Å². The summed E-state index contributed by atoms with van der Waals surface area (Å²) in [6.45, 7) is 10.1. The Balaban J connectivity index is 1.81. The zero-order chi connectivity index (χ0) is 12.8. The minimum Gasteiger partial charge on any atom is -0.333 e. The normalized spacial score (nSPS) is 21.3. The molecule has 0 saturated carbocycles. The quantitative estimate of drug-likeness (QED) is 0.836. The molecule has 1 atom stereocenters. The van der Waals surface area contributed by atoms with E-state index in [2.05, 4.69) is 33.6 Å². The van der Waals surface area contributed by atoms with Gasteiger partial charge in [-0.2, -0.15) is 0 Å². The van der Waals surface area contributed by atoms with Crippen LogP contribution in [0.2, 0.25) is 0 Å². The summed E-state index contributed by atoms with van der Waals surface area (Å²) in [4.78, 5) is 6.78. The second-order valence-electron chi connectivity index (χ2n) is 5.19. The lowest BCUT2D eigenvalue weighted by atomic mass is 10.1. The van der Waals surface area contributed by atoms with Gasteiger partial charge in [0.1, 0.15) is 0 Å². The van der Waals surface area contributed by atoms with E-state index < -0.39 is 0 Å².